The van der Waals surface area contributed by atoms with Crippen molar-refractivity contribution in [2.75, 3.05) is 11.9 Å². The van der Waals surface area contributed by atoms with Crippen LogP contribution in [0, 0.1) is 6.92 Å². The molecule has 0 bridgehead atoms. The Morgan fingerprint density at radius 2 is 1.75 bits per heavy atom. The van der Waals surface area contributed by atoms with E-state index in [2.05, 4.69) is 43.1 Å². The predicted molar refractivity (Wildman–Crippen MR) is 67.8 cm³/mol. The van der Waals surface area contributed by atoms with E-state index >= 15 is 0 Å². The first-order chi connectivity index (χ1) is 7.68. The van der Waals surface area contributed by atoms with Crippen molar-refractivity contribution in [3.63, 3.8) is 0 Å². The molecule has 2 rings (SSSR count). The zero-order chi connectivity index (χ0) is 11.5. The van der Waals surface area contributed by atoms with Crippen LogP contribution in [0.2, 0.25) is 0 Å². The van der Waals surface area contributed by atoms with Gasteiger partial charge in [0.15, 0.2) is 0 Å². The Kier molecular flexibility index (Phi) is 3.49. The third kappa shape index (κ3) is 2.38. The molecule has 2 nitrogen and oxygen atoms in total. The van der Waals surface area contributed by atoms with Crippen LogP contribution in [0.1, 0.15) is 31.2 Å². The molecule has 1 aromatic rings. The minimum absolute atomic E-state index is 0.0680. The van der Waals surface area contributed by atoms with E-state index in [0.29, 0.717) is 6.04 Å². The van der Waals surface area contributed by atoms with Gasteiger partial charge < -0.3 is 10.0 Å². The Morgan fingerprint density at radius 1 is 1.12 bits per heavy atom. The smallest absolute Gasteiger partial charge is 0.0541 e. The van der Waals surface area contributed by atoms with E-state index < -0.39 is 0 Å². The fourth-order valence-electron chi connectivity index (χ4n) is 2.60. The number of nitrogens with zero attached hydrogens (tertiary/aromatic N) is 1. The zero-order valence-corrected chi connectivity index (χ0v) is 10.2. The van der Waals surface area contributed by atoms with Gasteiger partial charge in [-0.1, -0.05) is 18.2 Å². The Bertz CT molecular complexity index is 342. The van der Waals surface area contributed by atoms with Crippen LogP contribution in [0.3, 0.4) is 0 Å². The van der Waals surface area contributed by atoms with Crippen molar-refractivity contribution in [1.29, 1.82) is 0 Å². The SMILES string of the molecule is Cc1ccccc1N(C)C1CCC(O)CC1. The molecule has 2 heteroatoms. The number of aliphatic hydroxyl groups is 1. The maximum absolute atomic E-state index is 9.52. The third-order valence-corrected chi connectivity index (χ3v) is 3.71. The maximum atomic E-state index is 9.52. The number of aliphatic hydroxyl groups excluding tert-OH is 1. The molecule has 1 saturated carbocycles. The Balaban J connectivity index is 2.07. The average Bonchev–Trinajstić information content (AvgIpc) is 2.30. The molecular formula is C14H21NO. The summed E-state index contributed by atoms with van der Waals surface area (Å²) in [4.78, 5) is 2.38. The van der Waals surface area contributed by atoms with Crippen LogP contribution in [0.4, 0.5) is 5.69 Å². The first-order valence-electron chi connectivity index (χ1n) is 6.15. The van der Waals surface area contributed by atoms with Crippen LogP contribution in [-0.2, 0) is 0 Å². The maximum Gasteiger partial charge on any atom is 0.0541 e. The van der Waals surface area contributed by atoms with Crippen molar-refractivity contribution < 1.29 is 5.11 Å². The molecule has 1 aliphatic carbocycles. The molecule has 0 aliphatic heterocycles. The predicted octanol–water partition coefficient (Wildman–Crippen LogP) is 2.73. The molecule has 0 heterocycles. The van der Waals surface area contributed by atoms with Gasteiger partial charge in [0.2, 0.25) is 0 Å². The lowest BCUT2D eigenvalue weighted by molar-refractivity contribution is 0.122. The van der Waals surface area contributed by atoms with Gasteiger partial charge in [-0.15, -0.1) is 0 Å². The summed E-state index contributed by atoms with van der Waals surface area (Å²) in [6.45, 7) is 2.16. The number of hydrogen-bond acceptors (Lipinski definition) is 2. The van der Waals surface area contributed by atoms with Gasteiger partial charge in [-0.25, -0.2) is 0 Å². The van der Waals surface area contributed by atoms with E-state index in [1.807, 2.05) is 0 Å². The highest BCUT2D eigenvalue weighted by molar-refractivity contribution is 5.53. The number of rotatable bonds is 2. The summed E-state index contributed by atoms with van der Waals surface area (Å²) >= 11 is 0. The Morgan fingerprint density at radius 3 is 2.38 bits per heavy atom. The Labute approximate surface area is 97.9 Å². The lowest BCUT2D eigenvalue weighted by Crippen LogP contribution is -2.36. The highest BCUT2D eigenvalue weighted by Crippen LogP contribution is 2.28. The van der Waals surface area contributed by atoms with Crippen LogP contribution in [-0.4, -0.2) is 24.3 Å². The minimum Gasteiger partial charge on any atom is -0.393 e. The minimum atomic E-state index is -0.0680. The van der Waals surface area contributed by atoms with Crippen molar-refractivity contribution in [3.8, 4) is 0 Å². The first kappa shape index (κ1) is 11.5. The molecule has 1 aromatic carbocycles. The van der Waals surface area contributed by atoms with Crippen LogP contribution >= 0.6 is 0 Å². The van der Waals surface area contributed by atoms with Gasteiger partial charge in [0.05, 0.1) is 6.10 Å². The largest absolute Gasteiger partial charge is 0.393 e. The Hall–Kier alpha value is -1.02. The highest BCUT2D eigenvalue weighted by Gasteiger charge is 2.23. The summed E-state index contributed by atoms with van der Waals surface area (Å²) < 4.78 is 0. The summed E-state index contributed by atoms with van der Waals surface area (Å²) in [5.41, 5.74) is 2.65. The third-order valence-electron chi connectivity index (χ3n) is 3.71. The molecule has 0 aromatic heterocycles. The quantitative estimate of drug-likeness (QED) is 0.826. The van der Waals surface area contributed by atoms with E-state index in [1.54, 1.807) is 0 Å². The number of anilines is 1. The molecule has 16 heavy (non-hydrogen) atoms. The van der Waals surface area contributed by atoms with Gasteiger partial charge in [0.1, 0.15) is 0 Å². The second kappa shape index (κ2) is 4.88. The van der Waals surface area contributed by atoms with Gasteiger partial charge in [-0.05, 0) is 44.2 Å². The van der Waals surface area contributed by atoms with Gasteiger partial charge >= 0.3 is 0 Å². The van der Waals surface area contributed by atoms with Crippen molar-refractivity contribution in [3.05, 3.63) is 29.8 Å². The van der Waals surface area contributed by atoms with Gasteiger partial charge in [0, 0.05) is 18.8 Å². The molecule has 0 spiro atoms. The highest BCUT2D eigenvalue weighted by atomic mass is 16.3. The fraction of sp³-hybridized carbons (Fsp3) is 0.571. The lowest BCUT2D eigenvalue weighted by Gasteiger charge is -2.35. The number of benzene rings is 1. The molecule has 0 radical (unpaired) electrons. The average molecular weight is 219 g/mol. The van der Waals surface area contributed by atoms with E-state index in [4.69, 9.17) is 0 Å². The molecule has 0 amide bonds. The fourth-order valence-corrected chi connectivity index (χ4v) is 2.60. The molecule has 0 unspecified atom stereocenters. The molecule has 0 atom stereocenters. The molecule has 1 N–H and O–H groups in total. The molecule has 88 valence electrons. The van der Waals surface area contributed by atoms with E-state index in [-0.39, 0.29) is 6.10 Å². The van der Waals surface area contributed by atoms with Crippen LogP contribution in [0.15, 0.2) is 24.3 Å². The van der Waals surface area contributed by atoms with Crippen LogP contribution < -0.4 is 4.90 Å². The lowest BCUT2D eigenvalue weighted by atomic mass is 9.91. The monoisotopic (exact) mass is 219 g/mol. The number of para-hydroxylation sites is 1. The first-order valence-corrected chi connectivity index (χ1v) is 6.15. The van der Waals surface area contributed by atoms with Gasteiger partial charge in [-0.2, -0.15) is 0 Å². The topological polar surface area (TPSA) is 23.5 Å². The van der Waals surface area contributed by atoms with Crippen LogP contribution in [0.5, 0.6) is 0 Å². The summed E-state index contributed by atoms with van der Waals surface area (Å²) in [5.74, 6) is 0. The second-order valence-corrected chi connectivity index (χ2v) is 4.86. The number of hydrogen-bond donors (Lipinski definition) is 1. The van der Waals surface area contributed by atoms with Crippen molar-refractivity contribution in [2.45, 2.75) is 44.8 Å². The van der Waals surface area contributed by atoms with Crippen molar-refractivity contribution in [1.82, 2.24) is 0 Å². The normalized spacial score (nSPS) is 25.4. The molecule has 1 aliphatic rings. The summed E-state index contributed by atoms with van der Waals surface area (Å²) in [6.07, 6.45) is 4.03. The van der Waals surface area contributed by atoms with Crippen molar-refractivity contribution in [2.24, 2.45) is 0 Å². The molecule has 1 fully saturated rings. The standard InChI is InChI=1S/C14H21NO/c1-11-5-3-4-6-14(11)15(2)12-7-9-13(16)10-8-12/h3-6,12-13,16H,7-10H2,1-2H3. The summed E-state index contributed by atoms with van der Waals surface area (Å²) in [5, 5.41) is 9.52. The molecular weight excluding hydrogens is 198 g/mol. The van der Waals surface area contributed by atoms with Crippen molar-refractivity contribution >= 4 is 5.69 Å². The summed E-state index contributed by atoms with van der Waals surface area (Å²) in [6, 6.07) is 9.10. The number of aryl methyl sites for hydroxylation is 1. The van der Waals surface area contributed by atoms with E-state index in [9.17, 15) is 5.11 Å². The van der Waals surface area contributed by atoms with E-state index in [1.165, 1.54) is 11.3 Å². The zero-order valence-electron chi connectivity index (χ0n) is 10.2. The summed E-state index contributed by atoms with van der Waals surface area (Å²) in [7, 11) is 2.17. The van der Waals surface area contributed by atoms with Gasteiger partial charge in [-0.3, -0.25) is 0 Å². The van der Waals surface area contributed by atoms with Crippen LogP contribution in [0.25, 0.3) is 0 Å². The van der Waals surface area contributed by atoms with Gasteiger partial charge in [0.25, 0.3) is 0 Å². The second-order valence-electron chi connectivity index (χ2n) is 4.86. The van der Waals surface area contributed by atoms with E-state index in [0.717, 1.165) is 25.7 Å². The molecule has 0 saturated heterocycles.